The number of hydrogen-bond acceptors (Lipinski definition) is 4. The highest BCUT2D eigenvalue weighted by molar-refractivity contribution is 8.16. The van der Waals surface area contributed by atoms with Gasteiger partial charge in [-0.1, -0.05) is 55.4 Å². The molecule has 19 heavy (non-hydrogen) atoms. The number of amides is 1. The normalized spacial score (nSPS) is 26.5. The van der Waals surface area contributed by atoms with Gasteiger partial charge in [0.2, 0.25) is 5.91 Å². The molecule has 0 radical (unpaired) electrons. The third-order valence-corrected chi connectivity index (χ3v) is 4.39. The van der Waals surface area contributed by atoms with Crippen LogP contribution in [0.15, 0.2) is 35.3 Å². The average molecular weight is 277 g/mol. The van der Waals surface area contributed by atoms with Gasteiger partial charge in [0.1, 0.15) is 6.17 Å². The van der Waals surface area contributed by atoms with Crippen LogP contribution in [0.25, 0.3) is 0 Å². The summed E-state index contributed by atoms with van der Waals surface area (Å²) in [7, 11) is 0. The molecule has 1 heterocycles. The lowest BCUT2D eigenvalue weighted by atomic mass is 10.0. The molecule has 1 aromatic rings. The topological polar surface area (TPSA) is 67.5 Å². The summed E-state index contributed by atoms with van der Waals surface area (Å²) in [5.41, 5.74) is 6.97. The van der Waals surface area contributed by atoms with E-state index in [-0.39, 0.29) is 5.91 Å². The number of nitrogens with two attached hydrogens (primary N) is 1. The minimum absolute atomic E-state index is 0.0263. The first-order chi connectivity index (χ1) is 9.05. The highest BCUT2D eigenvalue weighted by Crippen LogP contribution is 2.36. The van der Waals surface area contributed by atoms with Gasteiger partial charge in [-0.05, 0) is 18.9 Å². The molecule has 102 valence electrons. The minimum Gasteiger partial charge on any atom is -0.306 e. The maximum absolute atomic E-state index is 12.0. The van der Waals surface area contributed by atoms with Gasteiger partial charge in [-0.15, -0.1) is 0 Å². The van der Waals surface area contributed by atoms with Gasteiger partial charge in [0.05, 0.1) is 4.75 Å². The number of carbonyl (C=O) groups excluding carboxylic acids is 1. The number of thioether (sulfide) groups is 1. The summed E-state index contributed by atoms with van der Waals surface area (Å²) in [6.07, 6.45) is 1.37. The quantitative estimate of drug-likeness (QED) is 0.888. The van der Waals surface area contributed by atoms with E-state index in [4.69, 9.17) is 5.73 Å². The summed E-state index contributed by atoms with van der Waals surface area (Å²) in [5, 5.41) is 3.45. The van der Waals surface area contributed by atoms with Gasteiger partial charge in [-0.2, -0.15) is 0 Å². The highest BCUT2D eigenvalue weighted by Gasteiger charge is 2.41. The Balaban J connectivity index is 2.12. The van der Waals surface area contributed by atoms with E-state index in [2.05, 4.69) is 17.2 Å². The van der Waals surface area contributed by atoms with E-state index < -0.39 is 10.9 Å². The lowest BCUT2D eigenvalue weighted by molar-refractivity contribution is -0.121. The van der Waals surface area contributed by atoms with Gasteiger partial charge >= 0.3 is 0 Å². The lowest BCUT2D eigenvalue weighted by Gasteiger charge is -2.16. The van der Waals surface area contributed by atoms with E-state index in [0.29, 0.717) is 5.17 Å². The van der Waals surface area contributed by atoms with Crippen molar-refractivity contribution in [2.45, 2.75) is 37.6 Å². The molecule has 5 heteroatoms. The van der Waals surface area contributed by atoms with Gasteiger partial charge in [-0.3, -0.25) is 4.79 Å². The molecule has 2 atom stereocenters. The fourth-order valence-corrected chi connectivity index (χ4v) is 3.25. The molecule has 0 aliphatic carbocycles. The number of amidine groups is 1. The zero-order valence-corrected chi connectivity index (χ0v) is 12.0. The smallest absolute Gasteiger partial charge is 0.242 e. The number of nitrogens with one attached hydrogen (secondary N) is 1. The molecule has 4 nitrogen and oxygen atoms in total. The van der Waals surface area contributed by atoms with E-state index in [1.165, 1.54) is 11.8 Å². The SMILES string of the molecule is CCC[C@]1(C)SC(=N[C@@H](N)c2ccccc2)NC1=O. The summed E-state index contributed by atoms with van der Waals surface area (Å²) in [5.74, 6) is 0.0263. The standard InChI is InChI=1S/C14H19N3OS/c1-3-9-14(2)12(18)17-13(19-14)16-11(15)10-7-5-4-6-8-10/h4-8,11H,3,9,15H2,1-2H3,(H,16,17,18)/t11-,14+/m1/s1. The van der Waals surface area contributed by atoms with Crippen molar-refractivity contribution < 1.29 is 4.79 Å². The molecule has 0 spiro atoms. The Labute approximate surface area is 117 Å². The van der Waals surface area contributed by atoms with Crippen molar-refractivity contribution in [1.29, 1.82) is 0 Å². The van der Waals surface area contributed by atoms with Gasteiger partial charge in [0.15, 0.2) is 5.17 Å². The Morgan fingerprint density at radius 2 is 2.11 bits per heavy atom. The molecule has 3 N–H and O–H groups in total. The van der Waals surface area contributed by atoms with Crippen molar-refractivity contribution in [3.8, 4) is 0 Å². The van der Waals surface area contributed by atoms with Crippen LogP contribution in [0.4, 0.5) is 0 Å². The Bertz CT molecular complexity index is 489. The van der Waals surface area contributed by atoms with Crippen LogP contribution in [0.5, 0.6) is 0 Å². The van der Waals surface area contributed by atoms with Gasteiger partial charge in [0.25, 0.3) is 0 Å². The maximum atomic E-state index is 12.0. The van der Waals surface area contributed by atoms with Crippen molar-refractivity contribution in [1.82, 2.24) is 5.32 Å². The van der Waals surface area contributed by atoms with Crippen LogP contribution in [0.1, 0.15) is 38.4 Å². The number of benzene rings is 1. The van der Waals surface area contributed by atoms with Gasteiger partial charge in [0, 0.05) is 0 Å². The molecule has 1 amide bonds. The second-order valence-electron chi connectivity index (χ2n) is 4.83. The van der Waals surface area contributed by atoms with Crippen molar-refractivity contribution >= 4 is 22.8 Å². The number of aliphatic imine (C=N–C) groups is 1. The first kappa shape index (κ1) is 14.1. The first-order valence-corrected chi connectivity index (χ1v) is 7.25. The fourth-order valence-electron chi connectivity index (χ4n) is 2.07. The number of rotatable bonds is 4. The van der Waals surface area contributed by atoms with Crippen LogP contribution in [-0.4, -0.2) is 15.8 Å². The van der Waals surface area contributed by atoms with Gasteiger partial charge in [-0.25, -0.2) is 4.99 Å². The summed E-state index contributed by atoms with van der Waals surface area (Å²) < 4.78 is -0.413. The van der Waals surface area contributed by atoms with Crippen LogP contribution < -0.4 is 11.1 Å². The van der Waals surface area contributed by atoms with Crippen molar-refractivity contribution in [3.63, 3.8) is 0 Å². The Hall–Kier alpha value is -1.33. The molecular weight excluding hydrogens is 258 g/mol. The molecule has 0 aromatic heterocycles. The first-order valence-electron chi connectivity index (χ1n) is 6.44. The number of nitrogens with zero attached hydrogens (tertiary/aromatic N) is 1. The van der Waals surface area contributed by atoms with Crippen LogP contribution in [-0.2, 0) is 4.79 Å². The van der Waals surface area contributed by atoms with Crippen LogP contribution >= 0.6 is 11.8 Å². The molecular formula is C14H19N3OS. The molecule has 1 fully saturated rings. The Morgan fingerprint density at radius 1 is 1.42 bits per heavy atom. The molecule has 1 aromatic carbocycles. The second-order valence-corrected chi connectivity index (χ2v) is 6.32. The monoisotopic (exact) mass is 277 g/mol. The van der Waals surface area contributed by atoms with E-state index in [9.17, 15) is 4.79 Å². The zero-order valence-electron chi connectivity index (χ0n) is 11.2. The Kier molecular flexibility index (Phi) is 4.27. The van der Waals surface area contributed by atoms with Crippen LogP contribution in [0, 0.1) is 0 Å². The molecule has 2 rings (SSSR count). The molecule has 0 unspecified atom stereocenters. The molecule has 1 aliphatic rings. The highest BCUT2D eigenvalue weighted by atomic mass is 32.2. The largest absolute Gasteiger partial charge is 0.306 e. The lowest BCUT2D eigenvalue weighted by Crippen LogP contribution is -2.33. The Morgan fingerprint density at radius 3 is 2.74 bits per heavy atom. The third-order valence-electron chi connectivity index (χ3n) is 3.15. The van der Waals surface area contributed by atoms with E-state index in [0.717, 1.165) is 18.4 Å². The van der Waals surface area contributed by atoms with Crippen molar-refractivity contribution in [2.24, 2.45) is 10.7 Å². The summed E-state index contributed by atoms with van der Waals surface area (Å²) in [6.45, 7) is 4.02. The third kappa shape index (κ3) is 3.16. The molecule has 1 saturated heterocycles. The molecule has 0 bridgehead atoms. The van der Waals surface area contributed by atoms with Crippen molar-refractivity contribution in [3.05, 3.63) is 35.9 Å². The zero-order chi connectivity index (χ0) is 13.9. The number of carbonyl (C=O) groups is 1. The summed E-state index contributed by atoms with van der Waals surface area (Å²) >= 11 is 1.48. The fraction of sp³-hybridized carbons (Fsp3) is 0.429. The minimum atomic E-state index is -0.437. The average Bonchev–Trinajstić information content (AvgIpc) is 2.66. The summed E-state index contributed by atoms with van der Waals surface area (Å²) in [6, 6.07) is 9.66. The van der Waals surface area contributed by atoms with E-state index in [1.807, 2.05) is 37.3 Å². The van der Waals surface area contributed by atoms with Crippen LogP contribution in [0.3, 0.4) is 0 Å². The van der Waals surface area contributed by atoms with Crippen molar-refractivity contribution in [2.75, 3.05) is 0 Å². The number of hydrogen-bond donors (Lipinski definition) is 2. The van der Waals surface area contributed by atoms with Gasteiger partial charge < -0.3 is 11.1 Å². The van der Waals surface area contributed by atoms with Crippen LogP contribution in [0.2, 0.25) is 0 Å². The predicted molar refractivity (Wildman–Crippen MR) is 79.9 cm³/mol. The maximum Gasteiger partial charge on any atom is 0.242 e. The van der Waals surface area contributed by atoms with E-state index >= 15 is 0 Å². The molecule has 0 saturated carbocycles. The van der Waals surface area contributed by atoms with E-state index in [1.54, 1.807) is 0 Å². The second kappa shape index (κ2) is 5.75. The summed E-state index contributed by atoms with van der Waals surface area (Å²) in [4.78, 5) is 16.4. The predicted octanol–water partition coefficient (Wildman–Crippen LogP) is 2.42. The molecule has 1 aliphatic heterocycles.